The van der Waals surface area contributed by atoms with E-state index in [1.807, 2.05) is 48.9 Å². The average molecular weight is 317 g/mol. The van der Waals surface area contributed by atoms with Gasteiger partial charge in [-0.05, 0) is 60.4 Å². The van der Waals surface area contributed by atoms with Crippen LogP contribution in [0, 0.1) is 0 Å². The minimum atomic E-state index is 0.772. The van der Waals surface area contributed by atoms with Crippen molar-refractivity contribution in [3.05, 3.63) is 84.3 Å². The Hall–Kier alpha value is -2.68. The van der Waals surface area contributed by atoms with Gasteiger partial charge >= 0.3 is 0 Å². The summed E-state index contributed by atoms with van der Waals surface area (Å²) in [4.78, 5) is 10.9. The molecule has 2 heterocycles. The first-order chi connectivity index (χ1) is 11.9. The van der Waals surface area contributed by atoms with Crippen LogP contribution >= 0.6 is 0 Å². The van der Waals surface area contributed by atoms with Gasteiger partial charge in [0.15, 0.2) is 0 Å². The van der Waals surface area contributed by atoms with Crippen molar-refractivity contribution in [3.8, 4) is 0 Å². The Morgan fingerprint density at radius 1 is 0.833 bits per heavy atom. The van der Waals surface area contributed by atoms with E-state index < -0.39 is 0 Å². The third kappa shape index (κ3) is 4.19. The van der Waals surface area contributed by atoms with Gasteiger partial charge in [-0.1, -0.05) is 31.5 Å². The van der Waals surface area contributed by atoms with E-state index in [9.17, 15) is 0 Å². The Labute approximate surface area is 144 Å². The fraction of sp³-hybridized carbons (Fsp3) is 0.238. The maximum atomic E-state index is 4.53. The summed E-state index contributed by atoms with van der Waals surface area (Å²) in [5.41, 5.74) is 3.77. The van der Waals surface area contributed by atoms with Gasteiger partial charge in [0, 0.05) is 30.8 Å². The smallest absolute Gasteiger partial charge is 0.133 e. The van der Waals surface area contributed by atoms with Gasteiger partial charge in [0.2, 0.25) is 0 Å². The van der Waals surface area contributed by atoms with Crippen molar-refractivity contribution in [2.24, 2.45) is 0 Å². The molecule has 0 N–H and O–H groups in total. The van der Waals surface area contributed by atoms with E-state index >= 15 is 0 Å². The summed E-state index contributed by atoms with van der Waals surface area (Å²) in [6.45, 7) is 3.00. The Bertz CT molecular complexity index is 724. The molecule has 0 unspecified atom stereocenters. The zero-order valence-electron chi connectivity index (χ0n) is 14.1. The highest BCUT2D eigenvalue weighted by molar-refractivity contribution is 5.60. The third-order valence-electron chi connectivity index (χ3n) is 4.08. The number of unbranched alkanes of at least 4 members (excludes halogenated alkanes) is 1. The van der Waals surface area contributed by atoms with Gasteiger partial charge in [-0.25, -0.2) is 4.98 Å². The van der Waals surface area contributed by atoms with Crippen molar-refractivity contribution in [1.29, 1.82) is 0 Å². The molecule has 0 aliphatic rings. The van der Waals surface area contributed by atoms with Gasteiger partial charge in [-0.2, -0.15) is 0 Å². The first-order valence-corrected chi connectivity index (χ1v) is 8.53. The van der Waals surface area contributed by atoms with Crippen LogP contribution in [0.2, 0.25) is 0 Å². The topological polar surface area (TPSA) is 29.0 Å². The van der Waals surface area contributed by atoms with Crippen molar-refractivity contribution in [1.82, 2.24) is 9.97 Å². The van der Waals surface area contributed by atoms with Crippen LogP contribution in [0.1, 0.15) is 30.9 Å². The lowest BCUT2D eigenvalue weighted by atomic mass is 10.1. The molecule has 3 heteroatoms. The van der Waals surface area contributed by atoms with Crippen molar-refractivity contribution < 1.29 is 0 Å². The van der Waals surface area contributed by atoms with Crippen LogP contribution in [0.5, 0.6) is 0 Å². The fourth-order valence-corrected chi connectivity index (χ4v) is 2.71. The predicted octanol–water partition coefficient (Wildman–Crippen LogP) is 5.16. The van der Waals surface area contributed by atoms with Gasteiger partial charge in [-0.15, -0.1) is 0 Å². The number of nitrogens with zero attached hydrogens (tertiary/aromatic N) is 3. The standard InChI is InChI=1S/C21H23N3/c1-2-3-6-18-8-10-20(11-9-18)24(21-7-4-5-14-23-21)17-19-12-15-22-16-13-19/h4-5,7-16H,2-3,6,17H2,1H3. The molecule has 3 rings (SSSR count). The Kier molecular flexibility index (Phi) is 5.56. The molecule has 0 amide bonds. The van der Waals surface area contributed by atoms with E-state index in [2.05, 4.69) is 46.1 Å². The highest BCUT2D eigenvalue weighted by atomic mass is 15.2. The maximum absolute atomic E-state index is 4.53. The minimum absolute atomic E-state index is 0.772. The van der Waals surface area contributed by atoms with Crippen LogP contribution in [0.15, 0.2) is 73.2 Å². The van der Waals surface area contributed by atoms with E-state index in [-0.39, 0.29) is 0 Å². The van der Waals surface area contributed by atoms with Crippen LogP contribution in [0.3, 0.4) is 0 Å². The van der Waals surface area contributed by atoms with Gasteiger partial charge in [-0.3, -0.25) is 4.98 Å². The normalized spacial score (nSPS) is 10.5. The van der Waals surface area contributed by atoms with Gasteiger partial charge in [0.1, 0.15) is 5.82 Å². The number of anilines is 2. The minimum Gasteiger partial charge on any atom is -0.322 e. The molecule has 0 saturated heterocycles. The summed E-state index contributed by atoms with van der Waals surface area (Å²) in [5, 5.41) is 0. The molecule has 0 atom stereocenters. The number of aromatic nitrogens is 2. The molecule has 3 nitrogen and oxygen atoms in total. The number of rotatable bonds is 7. The summed E-state index contributed by atoms with van der Waals surface area (Å²) in [7, 11) is 0. The highest BCUT2D eigenvalue weighted by Gasteiger charge is 2.11. The molecule has 3 aromatic rings. The molecule has 24 heavy (non-hydrogen) atoms. The lowest BCUT2D eigenvalue weighted by Crippen LogP contribution is -2.17. The first-order valence-electron chi connectivity index (χ1n) is 8.53. The van der Waals surface area contributed by atoms with Crippen LogP contribution in [-0.2, 0) is 13.0 Å². The van der Waals surface area contributed by atoms with Crippen LogP contribution in [0.25, 0.3) is 0 Å². The summed E-state index contributed by atoms with van der Waals surface area (Å²) < 4.78 is 0. The van der Waals surface area contributed by atoms with Crippen molar-refractivity contribution in [3.63, 3.8) is 0 Å². The summed E-state index contributed by atoms with van der Waals surface area (Å²) >= 11 is 0. The molecule has 0 aliphatic heterocycles. The quantitative estimate of drug-likeness (QED) is 0.603. The van der Waals surface area contributed by atoms with Crippen LogP contribution in [-0.4, -0.2) is 9.97 Å². The molecule has 2 aromatic heterocycles. The zero-order chi connectivity index (χ0) is 16.6. The van der Waals surface area contributed by atoms with Crippen LogP contribution < -0.4 is 4.90 Å². The van der Waals surface area contributed by atoms with Gasteiger partial charge in [0.05, 0.1) is 0 Å². The number of benzene rings is 1. The van der Waals surface area contributed by atoms with E-state index in [1.54, 1.807) is 0 Å². The molecule has 0 spiro atoms. The predicted molar refractivity (Wildman–Crippen MR) is 99.4 cm³/mol. The Morgan fingerprint density at radius 2 is 1.62 bits per heavy atom. The second kappa shape index (κ2) is 8.25. The van der Waals surface area contributed by atoms with E-state index in [1.165, 1.54) is 24.0 Å². The SMILES string of the molecule is CCCCc1ccc(N(Cc2ccncc2)c2ccccn2)cc1. The number of hydrogen-bond donors (Lipinski definition) is 0. The Balaban J connectivity index is 1.87. The second-order valence-electron chi connectivity index (χ2n) is 5.90. The molecule has 0 bridgehead atoms. The molecular formula is C21H23N3. The molecule has 122 valence electrons. The van der Waals surface area contributed by atoms with Crippen LogP contribution in [0.4, 0.5) is 11.5 Å². The number of hydrogen-bond acceptors (Lipinski definition) is 3. The van der Waals surface area contributed by atoms with Gasteiger partial charge < -0.3 is 4.90 Å². The molecule has 0 saturated carbocycles. The largest absolute Gasteiger partial charge is 0.322 e. The molecule has 0 aliphatic carbocycles. The highest BCUT2D eigenvalue weighted by Crippen LogP contribution is 2.26. The maximum Gasteiger partial charge on any atom is 0.133 e. The zero-order valence-corrected chi connectivity index (χ0v) is 14.1. The summed E-state index contributed by atoms with van der Waals surface area (Å²) in [5.74, 6) is 0.954. The molecule has 0 fully saturated rings. The first kappa shape index (κ1) is 16.2. The van der Waals surface area contributed by atoms with Gasteiger partial charge in [0.25, 0.3) is 0 Å². The summed E-state index contributed by atoms with van der Waals surface area (Å²) in [6, 6.07) is 19.0. The lowest BCUT2D eigenvalue weighted by molar-refractivity contribution is 0.795. The molecular weight excluding hydrogens is 294 g/mol. The average Bonchev–Trinajstić information content (AvgIpc) is 2.66. The summed E-state index contributed by atoms with van der Waals surface area (Å²) in [6.07, 6.45) is 9.11. The molecule has 0 radical (unpaired) electrons. The lowest BCUT2D eigenvalue weighted by Gasteiger charge is -2.24. The van der Waals surface area contributed by atoms with Crippen molar-refractivity contribution >= 4 is 11.5 Å². The number of aryl methyl sites for hydroxylation is 1. The fourth-order valence-electron chi connectivity index (χ4n) is 2.71. The van der Waals surface area contributed by atoms with E-state index in [0.717, 1.165) is 24.5 Å². The second-order valence-corrected chi connectivity index (χ2v) is 5.90. The van der Waals surface area contributed by atoms with E-state index in [0.29, 0.717) is 0 Å². The van der Waals surface area contributed by atoms with Crippen molar-refractivity contribution in [2.45, 2.75) is 32.7 Å². The number of pyridine rings is 2. The Morgan fingerprint density at radius 3 is 2.29 bits per heavy atom. The van der Waals surface area contributed by atoms with E-state index in [4.69, 9.17) is 0 Å². The molecule has 1 aromatic carbocycles. The van der Waals surface area contributed by atoms with Crippen molar-refractivity contribution in [2.75, 3.05) is 4.90 Å². The monoisotopic (exact) mass is 317 g/mol. The third-order valence-corrected chi connectivity index (χ3v) is 4.08.